The Hall–Kier alpha value is -2.03. The number of aryl methyl sites for hydroxylation is 1. The van der Waals surface area contributed by atoms with E-state index in [-0.39, 0.29) is 0 Å². The number of nitrogens with one attached hydrogen (secondary N) is 1. The molecule has 0 saturated carbocycles. The average molecular weight is 256 g/mol. The molecule has 1 heterocycles. The summed E-state index contributed by atoms with van der Waals surface area (Å²) in [6.45, 7) is 2.91. The lowest BCUT2D eigenvalue weighted by Crippen LogP contribution is -2.02. The summed E-state index contributed by atoms with van der Waals surface area (Å²) in [5.41, 5.74) is 3.56. The van der Waals surface area contributed by atoms with Gasteiger partial charge in [-0.05, 0) is 30.2 Å². The van der Waals surface area contributed by atoms with Gasteiger partial charge in [-0.15, -0.1) is 0 Å². The molecule has 0 aliphatic heterocycles. The highest BCUT2D eigenvalue weighted by atomic mass is 16.5. The van der Waals surface area contributed by atoms with E-state index >= 15 is 0 Å². The highest BCUT2D eigenvalue weighted by Crippen LogP contribution is 2.17. The van der Waals surface area contributed by atoms with E-state index in [2.05, 4.69) is 41.5 Å². The largest absolute Gasteiger partial charge is 0.481 e. The molecule has 3 nitrogen and oxygen atoms in total. The minimum Gasteiger partial charge on any atom is -0.481 e. The maximum Gasteiger partial charge on any atom is 0.218 e. The minimum absolute atomic E-state index is 0.678. The SMILES string of the molecule is CCCc1ccc(NCc2cccnc2OC)cc1. The number of pyridine rings is 1. The number of ether oxygens (including phenoxy) is 1. The van der Waals surface area contributed by atoms with Gasteiger partial charge in [0.15, 0.2) is 0 Å². The minimum atomic E-state index is 0.678. The van der Waals surface area contributed by atoms with Crippen LogP contribution in [0.5, 0.6) is 5.88 Å². The maximum absolute atomic E-state index is 5.23. The first-order valence-electron chi connectivity index (χ1n) is 6.64. The summed E-state index contributed by atoms with van der Waals surface area (Å²) in [4.78, 5) is 4.19. The second-order valence-electron chi connectivity index (χ2n) is 4.47. The molecule has 0 amide bonds. The molecule has 0 saturated heterocycles. The van der Waals surface area contributed by atoms with Gasteiger partial charge in [0, 0.05) is 24.0 Å². The van der Waals surface area contributed by atoms with Crippen molar-refractivity contribution in [2.75, 3.05) is 12.4 Å². The lowest BCUT2D eigenvalue weighted by molar-refractivity contribution is 0.393. The number of hydrogen-bond acceptors (Lipinski definition) is 3. The zero-order valence-corrected chi connectivity index (χ0v) is 11.5. The number of anilines is 1. The predicted octanol–water partition coefficient (Wildman–Crippen LogP) is 3.65. The smallest absolute Gasteiger partial charge is 0.218 e. The number of rotatable bonds is 6. The van der Waals surface area contributed by atoms with Crippen LogP contribution in [0.1, 0.15) is 24.5 Å². The third-order valence-electron chi connectivity index (χ3n) is 3.02. The molecule has 0 fully saturated rings. The van der Waals surface area contributed by atoms with Crippen LogP contribution in [0.2, 0.25) is 0 Å². The van der Waals surface area contributed by atoms with Crippen LogP contribution in [0, 0.1) is 0 Å². The van der Waals surface area contributed by atoms with E-state index in [0.29, 0.717) is 12.4 Å². The summed E-state index contributed by atoms with van der Waals surface area (Å²) in [7, 11) is 1.64. The Morgan fingerprint density at radius 2 is 1.95 bits per heavy atom. The molecule has 19 heavy (non-hydrogen) atoms. The molecule has 1 aromatic heterocycles. The molecule has 0 aliphatic rings. The molecule has 0 unspecified atom stereocenters. The van der Waals surface area contributed by atoms with E-state index in [1.54, 1.807) is 13.3 Å². The van der Waals surface area contributed by atoms with Crippen molar-refractivity contribution in [1.29, 1.82) is 0 Å². The summed E-state index contributed by atoms with van der Waals surface area (Å²) in [5.74, 6) is 0.678. The molecular formula is C16H20N2O. The van der Waals surface area contributed by atoms with Crippen molar-refractivity contribution in [3.63, 3.8) is 0 Å². The van der Waals surface area contributed by atoms with Crippen LogP contribution in [-0.2, 0) is 13.0 Å². The van der Waals surface area contributed by atoms with Crippen molar-refractivity contribution in [2.24, 2.45) is 0 Å². The Balaban J connectivity index is 1.98. The van der Waals surface area contributed by atoms with Gasteiger partial charge in [0.05, 0.1) is 7.11 Å². The predicted molar refractivity (Wildman–Crippen MR) is 78.6 cm³/mol. The van der Waals surface area contributed by atoms with Crippen molar-refractivity contribution in [2.45, 2.75) is 26.3 Å². The second-order valence-corrected chi connectivity index (χ2v) is 4.47. The first kappa shape index (κ1) is 13.4. The fourth-order valence-corrected chi connectivity index (χ4v) is 2.02. The van der Waals surface area contributed by atoms with Crippen LogP contribution in [0.3, 0.4) is 0 Å². The van der Waals surface area contributed by atoms with Gasteiger partial charge in [-0.3, -0.25) is 0 Å². The van der Waals surface area contributed by atoms with E-state index < -0.39 is 0 Å². The Bertz CT molecular complexity index is 508. The van der Waals surface area contributed by atoms with Gasteiger partial charge in [0.2, 0.25) is 5.88 Å². The Labute approximate surface area is 114 Å². The lowest BCUT2D eigenvalue weighted by Gasteiger charge is -2.10. The summed E-state index contributed by atoms with van der Waals surface area (Å²) < 4.78 is 5.23. The van der Waals surface area contributed by atoms with Gasteiger partial charge >= 0.3 is 0 Å². The molecule has 0 bridgehead atoms. The van der Waals surface area contributed by atoms with Crippen LogP contribution in [0.25, 0.3) is 0 Å². The lowest BCUT2D eigenvalue weighted by atomic mass is 10.1. The van der Waals surface area contributed by atoms with Crippen molar-refractivity contribution < 1.29 is 4.74 Å². The average Bonchev–Trinajstić information content (AvgIpc) is 2.47. The highest BCUT2D eigenvalue weighted by molar-refractivity contribution is 5.45. The zero-order chi connectivity index (χ0) is 13.5. The molecule has 0 aliphatic carbocycles. The van der Waals surface area contributed by atoms with Gasteiger partial charge in [-0.2, -0.15) is 0 Å². The summed E-state index contributed by atoms with van der Waals surface area (Å²) in [6.07, 6.45) is 4.05. The maximum atomic E-state index is 5.23. The van der Waals surface area contributed by atoms with E-state index in [1.807, 2.05) is 12.1 Å². The number of methoxy groups -OCH3 is 1. The molecule has 2 aromatic rings. The van der Waals surface area contributed by atoms with Crippen LogP contribution in [0.4, 0.5) is 5.69 Å². The molecule has 0 spiro atoms. The quantitative estimate of drug-likeness (QED) is 0.856. The number of aromatic nitrogens is 1. The van der Waals surface area contributed by atoms with Crippen molar-refractivity contribution in [1.82, 2.24) is 4.98 Å². The Kier molecular flexibility index (Phi) is 4.78. The Morgan fingerprint density at radius 3 is 2.63 bits per heavy atom. The topological polar surface area (TPSA) is 34.2 Å². The summed E-state index contributed by atoms with van der Waals surface area (Å²) in [6, 6.07) is 12.5. The molecule has 1 N–H and O–H groups in total. The van der Waals surface area contributed by atoms with E-state index in [4.69, 9.17) is 4.74 Å². The zero-order valence-electron chi connectivity index (χ0n) is 11.5. The van der Waals surface area contributed by atoms with Gasteiger partial charge in [0.25, 0.3) is 0 Å². The fourth-order valence-electron chi connectivity index (χ4n) is 2.02. The number of nitrogens with zero attached hydrogens (tertiary/aromatic N) is 1. The van der Waals surface area contributed by atoms with Crippen molar-refractivity contribution in [3.8, 4) is 5.88 Å². The first-order valence-corrected chi connectivity index (χ1v) is 6.64. The summed E-state index contributed by atoms with van der Waals surface area (Å²) in [5, 5.41) is 3.38. The third-order valence-corrected chi connectivity index (χ3v) is 3.02. The van der Waals surface area contributed by atoms with Crippen LogP contribution in [0.15, 0.2) is 42.6 Å². The molecule has 3 heteroatoms. The number of benzene rings is 1. The molecule has 0 radical (unpaired) electrons. The van der Waals surface area contributed by atoms with Gasteiger partial charge in [-0.1, -0.05) is 31.5 Å². The van der Waals surface area contributed by atoms with Crippen molar-refractivity contribution >= 4 is 5.69 Å². The molecule has 1 aromatic carbocycles. The van der Waals surface area contributed by atoms with Gasteiger partial charge in [-0.25, -0.2) is 4.98 Å². The second kappa shape index (κ2) is 6.78. The van der Waals surface area contributed by atoms with Gasteiger partial charge in [0.1, 0.15) is 0 Å². The third kappa shape index (κ3) is 3.71. The summed E-state index contributed by atoms with van der Waals surface area (Å²) >= 11 is 0. The standard InChI is InChI=1S/C16H20N2O/c1-3-5-13-7-9-15(10-8-13)18-12-14-6-4-11-17-16(14)19-2/h4,6-11,18H,3,5,12H2,1-2H3. The number of hydrogen-bond donors (Lipinski definition) is 1. The monoisotopic (exact) mass is 256 g/mol. The molecule has 0 atom stereocenters. The highest BCUT2D eigenvalue weighted by Gasteiger charge is 2.02. The van der Waals surface area contributed by atoms with Crippen LogP contribution >= 0.6 is 0 Å². The Morgan fingerprint density at radius 1 is 1.16 bits per heavy atom. The van der Waals surface area contributed by atoms with Crippen LogP contribution < -0.4 is 10.1 Å². The van der Waals surface area contributed by atoms with Crippen LogP contribution in [-0.4, -0.2) is 12.1 Å². The van der Waals surface area contributed by atoms with E-state index in [9.17, 15) is 0 Å². The van der Waals surface area contributed by atoms with Crippen molar-refractivity contribution in [3.05, 3.63) is 53.7 Å². The molecule has 2 rings (SSSR count). The first-order chi connectivity index (χ1) is 9.33. The molecule has 100 valence electrons. The van der Waals surface area contributed by atoms with Gasteiger partial charge < -0.3 is 10.1 Å². The normalized spacial score (nSPS) is 10.2. The fraction of sp³-hybridized carbons (Fsp3) is 0.312. The van der Waals surface area contributed by atoms with E-state index in [1.165, 1.54) is 12.0 Å². The molecular weight excluding hydrogens is 236 g/mol. The van der Waals surface area contributed by atoms with E-state index in [0.717, 1.165) is 17.7 Å².